The van der Waals surface area contributed by atoms with Crippen LogP contribution in [0.25, 0.3) is 0 Å². The van der Waals surface area contributed by atoms with Gasteiger partial charge >= 0.3 is 0 Å². The molecule has 3 aromatic rings. The van der Waals surface area contributed by atoms with Gasteiger partial charge in [-0.05, 0) is 74.4 Å². The normalized spacial score (nSPS) is 12.1. The Morgan fingerprint density at radius 2 is 1.53 bits per heavy atom. The molecule has 0 spiro atoms. The molecule has 3 aromatic carbocycles. The zero-order valence-corrected chi connectivity index (χ0v) is 17.9. The second kappa shape index (κ2) is 9.00. The van der Waals surface area contributed by atoms with E-state index in [-0.39, 0.29) is 10.8 Å². The molecular formula is C23H24N2O4S. The summed E-state index contributed by atoms with van der Waals surface area (Å²) in [4.78, 5) is 12.6. The van der Waals surface area contributed by atoms with E-state index < -0.39 is 16.1 Å². The average molecular weight is 425 g/mol. The highest BCUT2D eigenvalue weighted by atomic mass is 32.2. The van der Waals surface area contributed by atoms with E-state index in [1.54, 1.807) is 49.4 Å². The number of para-hydroxylation sites is 1. The predicted molar refractivity (Wildman–Crippen MR) is 118 cm³/mol. The van der Waals surface area contributed by atoms with E-state index in [1.165, 1.54) is 12.1 Å². The van der Waals surface area contributed by atoms with Crippen LogP contribution in [0.3, 0.4) is 0 Å². The van der Waals surface area contributed by atoms with Crippen LogP contribution in [0, 0.1) is 13.8 Å². The van der Waals surface area contributed by atoms with Crippen LogP contribution in [0.5, 0.6) is 5.75 Å². The molecule has 3 rings (SSSR count). The van der Waals surface area contributed by atoms with Crippen molar-refractivity contribution in [2.24, 2.45) is 0 Å². The van der Waals surface area contributed by atoms with Crippen molar-refractivity contribution >= 4 is 27.3 Å². The van der Waals surface area contributed by atoms with Crippen molar-refractivity contribution in [3.63, 3.8) is 0 Å². The molecule has 0 bridgehead atoms. The summed E-state index contributed by atoms with van der Waals surface area (Å²) in [5.41, 5.74) is 3.03. The highest BCUT2D eigenvalue weighted by molar-refractivity contribution is 7.92. The third-order valence-electron chi connectivity index (χ3n) is 4.69. The van der Waals surface area contributed by atoms with Crippen molar-refractivity contribution in [1.29, 1.82) is 0 Å². The molecule has 0 saturated carbocycles. The van der Waals surface area contributed by atoms with E-state index in [1.807, 2.05) is 32.0 Å². The van der Waals surface area contributed by atoms with Crippen molar-refractivity contribution in [3.05, 3.63) is 83.9 Å². The minimum atomic E-state index is -3.71. The highest BCUT2D eigenvalue weighted by Gasteiger charge is 2.18. The fourth-order valence-electron chi connectivity index (χ4n) is 2.78. The molecule has 0 saturated heterocycles. The summed E-state index contributed by atoms with van der Waals surface area (Å²) in [5.74, 6) is 0.333. The molecule has 0 aliphatic rings. The van der Waals surface area contributed by atoms with Gasteiger partial charge in [0, 0.05) is 11.4 Å². The fourth-order valence-corrected chi connectivity index (χ4v) is 3.84. The van der Waals surface area contributed by atoms with Crippen molar-refractivity contribution in [2.45, 2.75) is 31.8 Å². The summed E-state index contributed by atoms with van der Waals surface area (Å²) in [6, 6.07) is 20.3. The summed E-state index contributed by atoms with van der Waals surface area (Å²) in [7, 11) is -3.71. The number of carbonyl (C=O) groups is 1. The Balaban J connectivity index is 1.64. The molecule has 156 valence electrons. The molecule has 0 radical (unpaired) electrons. The van der Waals surface area contributed by atoms with E-state index in [0.29, 0.717) is 17.1 Å². The molecule has 1 atom stereocenters. The van der Waals surface area contributed by atoms with E-state index in [4.69, 9.17) is 4.74 Å². The molecule has 0 unspecified atom stereocenters. The minimum Gasteiger partial charge on any atom is -0.481 e. The van der Waals surface area contributed by atoms with Gasteiger partial charge in [0.1, 0.15) is 5.75 Å². The minimum absolute atomic E-state index is 0.101. The Hall–Kier alpha value is -3.32. The lowest BCUT2D eigenvalue weighted by Gasteiger charge is -2.17. The van der Waals surface area contributed by atoms with Crippen molar-refractivity contribution < 1.29 is 17.9 Å². The number of ether oxygens (including phenoxy) is 1. The molecule has 1 amide bonds. The molecule has 0 aliphatic carbocycles. The first kappa shape index (κ1) is 21.4. The predicted octanol–water partition coefficient (Wildman–Crippen LogP) is 4.51. The highest BCUT2D eigenvalue weighted by Crippen LogP contribution is 2.22. The molecule has 0 heterocycles. The number of benzene rings is 3. The number of sulfonamides is 1. The smallest absolute Gasteiger partial charge is 0.265 e. The van der Waals surface area contributed by atoms with Gasteiger partial charge in [-0.3, -0.25) is 9.52 Å². The number of aryl methyl sites for hydroxylation is 1. The summed E-state index contributed by atoms with van der Waals surface area (Å²) in [5, 5.41) is 2.75. The van der Waals surface area contributed by atoms with E-state index in [2.05, 4.69) is 10.0 Å². The molecule has 0 fully saturated rings. The SMILES string of the molecule is Cc1cccc(O[C@H](C)C(=O)Nc2ccc(S(=O)(=O)Nc3ccccc3)cc2)c1C. The van der Waals surface area contributed by atoms with Gasteiger partial charge in [0.05, 0.1) is 4.90 Å². The Kier molecular flexibility index (Phi) is 6.42. The van der Waals surface area contributed by atoms with Crippen molar-refractivity contribution in [3.8, 4) is 5.75 Å². The first-order valence-electron chi connectivity index (χ1n) is 9.48. The summed E-state index contributed by atoms with van der Waals surface area (Å²) < 4.78 is 33.3. The number of hydrogen-bond donors (Lipinski definition) is 2. The average Bonchev–Trinajstić information content (AvgIpc) is 2.72. The maximum Gasteiger partial charge on any atom is 0.265 e. The lowest BCUT2D eigenvalue weighted by atomic mass is 10.1. The number of anilines is 2. The molecule has 7 heteroatoms. The van der Waals surface area contributed by atoms with Crippen LogP contribution in [-0.4, -0.2) is 20.4 Å². The number of amides is 1. The van der Waals surface area contributed by atoms with Gasteiger partial charge in [-0.2, -0.15) is 0 Å². The van der Waals surface area contributed by atoms with Crippen LogP contribution in [0.15, 0.2) is 77.7 Å². The van der Waals surface area contributed by atoms with Crippen LogP contribution < -0.4 is 14.8 Å². The molecular weight excluding hydrogens is 400 g/mol. The van der Waals surface area contributed by atoms with Gasteiger partial charge in [0.2, 0.25) is 0 Å². The van der Waals surface area contributed by atoms with Crippen LogP contribution in [0.1, 0.15) is 18.1 Å². The number of nitrogens with one attached hydrogen (secondary N) is 2. The standard InChI is InChI=1S/C23H24N2O4S/c1-16-8-7-11-22(17(16)2)29-18(3)23(26)24-19-12-14-21(15-13-19)30(27,28)25-20-9-5-4-6-10-20/h4-15,18,25H,1-3H3,(H,24,26)/t18-/m1/s1. The first-order valence-corrected chi connectivity index (χ1v) is 11.0. The van der Waals surface area contributed by atoms with Crippen LogP contribution in [-0.2, 0) is 14.8 Å². The Bertz CT molecular complexity index is 1130. The summed E-state index contributed by atoms with van der Waals surface area (Å²) >= 11 is 0. The Labute approximate surface area is 177 Å². The lowest BCUT2D eigenvalue weighted by molar-refractivity contribution is -0.122. The van der Waals surface area contributed by atoms with Crippen LogP contribution in [0.4, 0.5) is 11.4 Å². The zero-order chi connectivity index (χ0) is 21.7. The van der Waals surface area contributed by atoms with Gasteiger partial charge in [-0.1, -0.05) is 30.3 Å². The van der Waals surface area contributed by atoms with Gasteiger partial charge in [-0.25, -0.2) is 8.42 Å². The largest absolute Gasteiger partial charge is 0.481 e. The quantitative estimate of drug-likeness (QED) is 0.584. The molecule has 0 aliphatic heterocycles. The number of rotatable bonds is 7. The summed E-state index contributed by atoms with van der Waals surface area (Å²) in [6.07, 6.45) is -0.714. The van der Waals surface area contributed by atoms with E-state index in [9.17, 15) is 13.2 Å². The molecule has 0 aromatic heterocycles. The lowest BCUT2D eigenvalue weighted by Crippen LogP contribution is -2.30. The van der Waals surface area contributed by atoms with Gasteiger partial charge in [0.15, 0.2) is 6.10 Å². The van der Waals surface area contributed by atoms with Gasteiger partial charge in [0.25, 0.3) is 15.9 Å². The second-order valence-corrected chi connectivity index (χ2v) is 8.63. The van der Waals surface area contributed by atoms with Crippen molar-refractivity contribution in [1.82, 2.24) is 0 Å². The maximum absolute atomic E-state index is 12.5. The molecule has 2 N–H and O–H groups in total. The second-order valence-electron chi connectivity index (χ2n) is 6.94. The van der Waals surface area contributed by atoms with E-state index in [0.717, 1.165) is 11.1 Å². The third kappa shape index (κ3) is 5.18. The van der Waals surface area contributed by atoms with Crippen LogP contribution >= 0.6 is 0 Å². The molecule has 30 heavy (non-hydrogen) atoms. The van der Waals surface area contributed by atoms with Crippen LogP contribution in [0.2, 0.25) is 0 Å². The summed E-state index contributed by atoms with van der Waals surface area (Å²) in [6.45, 7) is 5.59. The fraction of sp³-hybridized carbons (Fsp3) is 0.174. The first-order chi connectivity index (χ1) is 14.3. The number of carbonyl (C=O) groups excluding carboxylic acids is 1. The van der Waals surface area contributed by atoms with E-state index >= 15 is 0 Å². The number of hydrogen-bond acceptors (Lipinski definition) is 4. The van der Waals surface area contributed by atoms with Crippen molar-refractivity contribution in [2.75, 3.05) is 10.0 Å². The third-order valence-corrected chi connectivity index (χ3v) is 6.08. The topological polar surface area (TPSA) is 84.5 Å². The zero-order valence-electron chi connectivity index (χ0n) is 17.0. The van der Waals surface area contributed by atoms with Gasteiger partial charge in [-0.15, -0.1) is 0 Å². The molecule has 6 nitrogen and oxygen atoms in total. The monoisotopic (exact) mass is 424 g/mol. The van der Waals surface area contributed by atoms with Gasteiger partial charge < -0.3 is 10.1 Å². The Morgan fingerprint density at radius 1 is 0.867 bits per heavy atom. The Morgan fingerprint density at radius 3 is 2.20 bits per heavy atom. The maximum atomic E-state index is 12.5.